The number of nitrogens with zero attached hydrogens (tertiary/aromatic N) is 2. The number of aliphatic carboxylic acids is 1. The van der Waals surface area contributed by atoms with Crippen LogP contribution in [0.3, 0.4) is 0 Å². The zero-order valence-electron chi connectivity index (χ0n) is 15.8. The van der Waals surface area contributed by atoms with Gasteiger partial charge in [-0.25, -0.2) is 14.1 Å². The number of fused-ring (bicyclic) bond motifs is 1. The number of piperidine rings is 1. The number of carboxylic acids is 1. The summed E-state index contributed by atoms with van der Waals surface area (Å²) >= 11 is 0. The molecule has 29 heavy (non-hydrogen) atoms. The molecule has 3 N–H and O–H groups in total. The van der Waals surface area contributed by atoms with Gasteiger partial charge in [-0.2, -0.15) is 18.3 Å². The smallest absolute Gasteiger partial charge is 0.475 e. The highest BCUT2D eigenvalue weighted by atomic mass is 19.4. The molecule has 1 aliphatic rings. The molecule has 12 heteroatoms. The van der Waals surface area contributed by atoms with Gasteiger partial charge in [0.1, 0.15) is 5.56 Å². The fourth-order valence-corrected chi connectivity index (χ4v) is 3.03. The summed E-state index contributed by atoms with van der Waals surface area (Å²) in [5.74, 6) is -2.94. The molecule has 0 bridgehead atoms. The molecular weight excluding hydrogens is 397 g/mol. The second-order valence-electron chi connectivity index (χ2n) is 6.33. The quantitative estimate of drug-likeness (QED) is 0.647. The summed E-state index contributed by atoms with van der Waals surface area (Å²) < 4.78 is 38.5. The number of aromatic nitrogens is 3. The number of hydrogen-bond acceptors (Lipinski definition) is 6. The number of H-pyrrole nitrogens is 1. The third-order valence-electron chi connectivity index (χ3n) is 4.31. The summed E-state index contributed by atoms with van der Waals surface area (Å²) in [6.45, 7) is 5.63. The van der Waals surface area contributed by atoms with Crippen molar-refractivity contribution >= 4 is 17.6 Å². The molecule has 2 aromatic rings. The number of ether oxygens (including phenoxy) is 1. The first-order chi connectivity index (χ1) is 13.6. The standard InChI is InChI=1S/C15H20N4O3.C2HF3O2/c1-3-22-15(21)13-9(2)18-19-11(8-12(20)17-14(13)19)10-4-6-16-7-5-10;3-2(4,5)1(6)7/h8,10,16H,3-7H2,1-2H3,(H,17,20);(H,6,7). The van der Waals surface area contributed by atoms with Crippen LogP contribution in [-0.2, 0) is 9.53 Å². The van der Waals surface area contributed by atoms with Gasteiger partial charge in [-0.1, -0.05) is 0 Å². The normalized spacial score (nSPS) is 14.9. The van der Waals surface area contributed by atoms with Gasteiger partial charge >= 0.3 is 18.1 Å². The van der Waals surface area contributed by atoms with Crippen molar-refractivity contribution in [2.45, 2.75) is 38.8 Å². The number of nitrogens with one attached hydrogen (secondary N) is 2. The summed E-state index contributed by atoms with van der Waals surface area (Å²) in [4.78, 5) is 35.8. The molecule has 3 rings (SSSR count). The number of carbonyl (C=O) groups is 2. The average Bonchev–Trinajstić information content (AvgIpc) is 2.97. The van der Waals surface area contributed by atoms with E-state index >= 15 is 0 Å². The van der Waals surface area contributed by atoms with Gasteiger partial charge in [-0.05, 0) is 39.8 Å². The molecular formula is C17H21F3N4O5. The number of halogens is 3. The fourth-order valence-electron chi connectivity index (χ4n) is 3.03. The first-order valence-corrected chi connectivity index (χ1v) is 8.86. The van der Waals surface area contributed by atoms with Crippen LogP contribution in [0, 0.1) is 6.92 Å². The molecule has 0 unspecified atom stereocenters. The number of carboxylic acid groups (broad SMARTS) is 1. The number of carbonyl (C=O) groups excluding carboxylic acids is 1. The highest BCUT2D eigenvalue weighted by molar-refractivity contribution is 5.97. The topological polar surface area (TPSA) is 126 Å². The van der Waals surface area contributed by atoms with E-state index in [0.29, 0.717) is 16.9 Å². The van der Waals surface area contributed by atoms with Crippen molar-refractivity contribution < 1.29 is 32.6 Å². The molecule has 0 atom stereocenters. The van der Waals surface area contributed by atoms with Gasteiger partial charge in [-0.15, -0.1) is 0 Å². The first-order valence-electron chi connectivity index (χ1n) is 8.86. The van der Waals surface area contributed by atoms with E-state index in [9.17, 15) is 22.8 Å². The predicted octanol–water partition coefficient (Wildman–Crippen LogP) is 1.61. The van der Waals surface area contributed by atoms with Crippen LogP contribution in [0.4, 0.5) is 13.2 Å². The van der Waals surface area contributed by atoms with Crippen LogP contribution < -0.4 is 10.9 Å². The molecule has 1 saturated heterocycles. The van der Waals surface area contributed by atoms with Crippen LogP contribution in [0.25, 0.3) is 5.65 Å². The Bertz CT molecular complexity index is 945. The molecule has 3 heterocycles. The van der Waals surface area contributed by atoms with Crippen LogP contribution in [0.2, 0.25) is 0 Å². The van der Waals surface area contributed by atoms with Crippen LogP contribution in [-0.4, -0.2) is 57.5 Å². The van der Waals surface area contributed by atoms with E-state index < -0.39 is 18.1 Å². The summed E-state index contributed by atoms with van der Waals surface area (Å²) in [7, 11) is 0. The summed E-state index contributed by atoms with van der Waals surface area (Å²) in [6.07, 6.45) is -3.18. The Morgan fingerprint density at radius 1 is 1.34 bits per heavy atom. The molecule has 160 valence electrons. The fraction of sp³-hybridized carbons (Fsp3) is 0.529. The Morgan fingerprint density at radius 3 is 2.45 bits per heavy atom. The third kappa shape index (κ3) is 5.34. The van der Waals surface area contributed by atoms with Crippen molar-refractivity contribution in [2.75, 3.05) is 19.7 Å². The summed E-state index contributed by atoms with van der Waals surface area (Å²) in [6, 6.07) is 1.59. The lowest BCUT2D eigenvalue weighted by Gasteiger charge is -2.23. The van der Waals surface area contributed by atoms with E-state index in [1.807, 2.05) is 0 Å². The monoisotopic (exact) mass is 418 g/mol. The maximum Gasteiger partial charge on any atom is 0.490 e. The zero-order valence-corrected chi connectivity index (χ0v) is 15.8. The van der Waals surface area contributed by atoms with E-state index in [0.717, 1.165) is 31.6 Å². The summed E-state index contributed by atoms with van der Waals surface area (Å²) in [5.41, 5.74) is 1.98. The molecule has 0 spiro atoms. The lowest BCUT2D eigenvalue weighted by Crippen LogP contribution is -2.28. The molecule has 0 aliphatic carbocycles. The van der Waals surface area contributed by atoms with Gasteiger partial charge in [0.05, 0.1) is 18.0 Å². The van der Waals surface area contributed by atoms with Crippen molar-refractivity contribution in [1.29, 1.82) is 0 Å². The number of esters is 1. The van der Waals surface area contributed by atoms with Gasteiger partial charge in [0.15, 0.2) is 5.65 Å². The van der Waals surface area contributed by atoms with Crippen molar-refractivity contribution in [3.8, 4) is 0 Å². The second kappa shape index (κ2) is 9.07. The number of hydrogen-bond donors (Lipinski definition) is 3. The van der Waals surface area contributed by atoms with Gasteiger partial charge in [0, 0.05) is 12.0 Å². The Hall–Kier alpha value is -2.89. The lowest BCUT2D eigenvalue weighted by molar-refractivity contribution is -0.192. The Labute approximate surface area is 162 Å². The van der Waals surface area contributed by atoms with Gasteiger partial charge in [-0.3, -0.25) is 4.79 Å². The van der Waals surface area contributed by atoms with Crippen LogP contribution >= 0.6 is 0 Å². The van der Waals surface area contributed by atoms with Gasteiger partial charge < -0.3 is 20.1 Å². The molecule has 0 radical (unpaired) electrons. The van der Waals surface area contributed by atoms with E-state index in [2.05, 4.69) is 15.4 Å². The van der Waals surface area contributed by atoms with E-state index in [1.165, 1.54) is 0 Å². The largest absolute Gasteiger partial charge is 0.490 e. The maximum absolute atomic E-state index is 12.1. The predicted molar refractivity (Wildman–Crippen MR) is 95.0 cm³/mol. The van der Waals surface area contributed by atoms with Crippen LogP contribution in [0.1, 0.15) is 47.4 Å². The highest BCUT2D eigenvalue weighted by Crippen LogP contribution is 2.26. The van der Waals surface area contributed by atoms with E-state index in [4.69, 9.17) is 14.6 Å². The molecule has 2 aromatic heterocycles. The maximum atomic E-state index is 12.1. The Kier molecular flexibility index (Phi) is 7.01. The lowest BCUT2D eigenvalue weighted by atomic mass is 9.94. The van der Waals surface area contributed by atoms with Crippen LogP contribution in [0.15, 0.2) is 10.9 Å². The minimum Gasteiger partial charge on any atom is -0.475 e. The first kappa shape index (κ1) is 22.4. The molecule has 9 nitrogen and oxygen atoms in total. The van der Waals surface area contributed by atoms with Crippen LogP contribution in [0.5, 0.6) is 0 Å². The van der Waals surface area contributed by atoms with Gasteiger partial charge in [0.25, 0.3) is 5.56 Å². The molecule has 0 aromatic carbocycles. The van der Waals surface area contributed by atoms with Gasteiger partial charge in [0.2, 0.25) is 0 Å². The SMILES string of the molecule is CCOC(=O)c1c(C)nn2c(C3CCNCC3)cc(=O)[nH]c12.O=C(O)C(F)(F)F. The second-order valence-corrected chi connectivity index (χ2v) is 6.33. The summed E-state index contributed by atoms with van der Waals surface area (Å²) in [5, 5.41) is 14.9. The van der Waals surface area contributed by atoms with Crippen molar-refractivity contribution in [3.05, 3.63) is 33.4 Å². The number of aromatic amines is 1. The van der Waals surface area contributed by atoms with E-state index in [-0.39, 0.29) is 18.1 Å². The minimum atomic E-state index is -5.08. The molecule has 1 fully saturated rings. The van der Waals surface area contributed by atoms with Crippen molar-refractivity contribution in [2.24, 2.45) is 0 Å². The minimum absolute atomic E-state index is 0.216. The van der Waals surface area contributed by atoms with Crippen molar-refractivity contribution in [1.82, 2.24) is 19.9 Å². The number of rotatable bonds is 3. The Morgan fingerprint density at radius 2 is 1.93 bits per heavy atom. The number of aryl methyl sites for hydroxylation is 1. The highest BCUT2D eigenvalue weighted by Gasteiger charge is 2.38. The Balaban J connectivity index is 0.000000370. The molecule has 0 saturated carbocycles. The van der Waals surface area contributed by atoms with E-state index in [1.54, 1.807) is 24.4 Å². The number of alkyl halides is 3. The third-order valence-corrected chi connectivity index (χ3v) is 4.31. The van der Waals surface area contributed by atoms with Crippen molar-refractivity contribution in [3.63, 3.8) is 0 Å². The molecule has 1 aliphatic heterocycles. The molecule has 0 amide bonds. The average molecular weight is 418 g/mol. The zero-order chi connectivity index (χ0) is 21.8.